The summed E-state index contributed by atoms with van der Waals surface area (Å²) in [7, 11) is 1.62. The second kappa shape index (κ2) is 12.7. The molecule has 9 nitrogen and oxygen atoms in total. The van der Waals surface area contributed by atoms with Gasteiger partial charge in [-0.1, -0.05) is 56.8 Å². The predicted molar refractivity (Wildman–Crippen MR) is 158 cm³/mol. The summed E-state index contributed by atoms with van der Waals surface area (Å²) in [5, 5.41) is 23.3. The first kappa shape index (κ1) is 28.7. The number of phenols is 1. The molecule has 3 aromatic carbocycles. The maximum absolute atomic E-state index is 12.6. The summed E-state index contributed by atoms with van der Waals surface area (Å²) >= 11 is 1.26. The van der Waals surface area contributed by atoms with Crippen LogP contribution in [0.15, 0.2) is 77.0 Å². The monoisotopic (exact) mass is 559 g/mol. The van der Waals surface area contributed by atoms with E-state index < -0.39 is 0 Å². The minimum atomic E-state index is -0.301. The largest absolute Gasteiger partial charge is 0.504 e. The molecule has 0 spiro atoms. The number of hydrogen-bond donors (Lipinski definition) is 2. The Hall–Kier alpha value is -4.31. The molecule has 0 unspecified atom stereocenters. The van der Waals surface area contributed by atoms with E-state index in [1.165, 1.54) is 29.6 Å². The number of methoxy groups -OCH3 is 1. The molecule has 0 aliphatic heterocycles. The fourth-order valence-electron chi connectivity index (χ4n) is 3.86. The number of aromatic nitrogens is 3. The van der Waals surface area contributed by atoms with Crippen molar-refractivity contribution < 1.29 is 19.4 Å². The van der Waals surface area contributed by atoms with Crippen molar-refractivity contribution in [2.45, 2.75) is 38.3 Å². The second-order valence-electron chi connectivity index (χ2n) is 9.91. The van der Waals surface area contributed by atoms with Gasteiger partial charge < -0.3 is 14.6 Å². The number of ether oxygens (including phenoxy) is 2. The molecule has 4 aromatic rings. The zero-order valence-electron chi connectivity index (χ0n) is 23.2. The molecule has 2 N–H and O–H groups in total. The van der Waals surface area contributed by atoms with Crippen molar-refractivity contribution in [3.8, 4) is 34.3 Å². The molecular formula is C30H33N5O4S. The van der Waals surface area contributed by atoms with Gasteiger partial charge in [-0.2, -0.15) is 5.10 Å². The van der Waals surface area contributed by atoms with E-state index in [1.807, 2.05) is 47.9 Å². The van der Waals surface area contributed by atoms with Crippen LogP contribution in [0.3, 0.4) is 0 Å². The maximum atomic E-state index is 12.6. The van der Waals surface area contributed by atoms with Gasteiger partial charge in [0.1, 0.15) is 5.75 Å². The van der Waals surface area contributed by atoms with Crippen LogP contribution in [0.2, 0.25) is 0 Å². The van der Waals surface area contributed by atoms with Gasteiger partial charge in [0.2, 0.25) is 0 Å². The normalized spacial score (nSPS) is 11.5. The van der Waals surface area contributed by atoms with Crippen molar-refractivity contribution in [2.24, 2.45) is 5.10 Å². The van der Waals surface area contributed by atoms with E-state index in [0.717, 1.165) is 17.0 Å². The molecule has 208 valence electrons. The van der Waals surface area contributed by atoms with Crippen LogP contribution in [0.25, 0.3) is 17.1 Å². The molecule has 4 rings (SSSR count). The average Bonchev–Trinajstić information content (AvgIpc) is 3.37. The SMILES string of the molecule is CCOc1cc(C=NNC(=O)CSc2nnc(-c3ccc(C(C)(C)C)cc3)n2-c2ccc(OC)cc2)ccc1O. The van der Waals surface area contributed by atoms with Gasteiger partial charge in [0.15, 0.2) is 22.5 Å². The molecule has 0 aliphatic rings. The zero-order chi connectivity index (χ0) is 28.7. The highest BCUT2D eigenvalue weighted by atomic mass is 32.2. The van der Waals surface area contributed by atoms with Crippen LogP contribution < -0.4 is 14.9 Å². The molecule has 0 saturated heterocycles. The van der Waals surface area contributed by atoms with Crippen molar-refractivity contribution in [3.05, 3.63) is 77.9 Å². The van der Waals surface area contributed by atoms with Crippen LogP contribution in [0, 0.1) is 0 Å². The standard InChI is InChI=1S/C30H33N5O4S/c1-6-39-26-17-20(7-16-25(26)36)18-31-32-27(37)19-40-29-34-33-28(21-8-10-22(11-9-21)30(2,3)4)35(29)23-12-14-24(38-5)15-13-23/h7-18,36H,6,19H2,1-5H3,(H,32,37). The smallest absolute Gasteiger partial charge is 0.250 e. The molecule has 0 fully saturated rings. The Kier molecular flexibility index (Phi) is 9.11. The number of amides is 1. The van der Waals surface area contributed by atoms with E-state index in [-0.39, 0.29) is 22.8 Å². The summed E-state index contributed by atoms with van der Waals surface area (Å²) in [6.45, 7) is 8.78. The number of aromatic hydroxyl groups is 1. The summed E-state index contributed by atoms with van der Waals surface area (Å²) in [6, 6.07) is 20.7. The van der Waals surface area contributed by atoms with E-state index in [2.05, 4.69) is 53.6 Å². The summed E-state index contributed by atoms with van der Waals surface area (Å²) < 4.78 is 12.6. The van der Waals surface area contributed by atoms with Crippen LogP contribution in [-0.4, -0.2) is 51.5 Å². The highest BCUT2D eigenvalue weighted by Gasteiger charge is 2.19. The Balaban J connectivity index is 1.51. The van der Waals surface area contributed by atoms with Crippen LogP contribution in [-0.2, 0) is 10.2 Å². The number of benzene rings is 3. The highest BCUT2D eigenvalue weighted by Crippen LogP contribution is 2.31. The number of hydrazone groups is 1. The van der Waals surface area contributed by atoms with E-state index in [9.17, 15) is 9.90 Å². The van der Waals surface area contributed by atoms with Gasteiger partial charge in [-0.15, -0.1) is 10.2 Å². The molecule has 10 heteroatoms. The van der Waals surface area contributed by atoms with Gasteiger partial charge in [-0.3, -0.25) is 9.36 Å². The van der Waals surface area contributed by atoms with Crippen LogP contribution >= 0.6 is 11.8 Å². The van der Waals surface area contributed by atoms with E-state index in [1.54, 1.807) is 19.2 Å². The number of carbonyl (C=O) groups is 1. The Morgan fingerprint density at radius 1 is 1.07 bits per heavy atom. The van der Waals surface area contributed by atoms with Crippen molar-refractivity contribution in [1.29, 1.82) is 0 Å². The molecular weight excluding hydrogens is 526 g/mol. The Morgan fingerprint density at radius 3 is 2.45 bits per heavy atom. The third kappa shape index (κ3) is 7.01. The lowest BCUT2D eigenvalue weighted by Gasteiger charge is -2.19. The summed E-state index contributed by atoms with van der Waals surface area (Å²) in [6.07, 6.45) is 1.49. The number of phenolic OH excluding ortho intramolecular Hbond substituents is 1. The van der Waals surface area contributed by atoms with Crippen molar-refractivity contribution in [1.82, 2.24) is 20.2 Å². The Morgan fingerprint density at radius 2 is 1.80 bits per heavy atom. The lowest BCUT2D eigenvalue weighted by atomic mass is 9.87. The van der Waals surface area contributed by atoms with Crippen LogP contribution in [0.4, 0.5) is 0 Å². The average molecular weight is 560 g/mol. The predicted octanol–water partition coefficient (Wildman–Crippen LogP) is 5.59. The number of nitrogens with one attached hydrogen (secondary N) is 1. The van der Waals surface area contributed by atoms with E-state index in [4.69, 9.17) is 9.47 Å². The molecule has 0 saturated carbocycles. The molecule has 0 aliphatic carbocycles. The number of nitrogens with zero attached hydrogens (tertiary/aromatic N) is 4. The molecule has 40 heavy (non-hydrogen) atoms. The number of carbonyl (C=O) groups excluding carboxylic acids is 1. The van der Waals surface area contributed by atoms with Gasteiger partial charge in [0.05, 0.1) is 25.7 Å². The van der Waals surface area contributed by atoms with Crippen LogP contribution in [0.5, 0.6) is 17.2 Å². The van der Waals surface area contributed by atoms with Crippen molar-refractivity contribution >= 4 is 23.9 Å². The van der Waals surface area contributed by atoms with Gasteiger partial charge in [-0.25, -0.2) is 5.43 Å². The molecule has 0 radical (unpaired) electrons. The van der Waals surface area contributed by atoms with Crippen molar-refractivity contribution in [2.75, 3.05) is 19.5 Å². The van der Waals surface area contributed by atoms with Crippen LogP contribution in [0.1, 0.15) is 38.8 Å². The summed E-state index contributed by atoms with van der Waals surface area (Å²) in [5.41, 5.74) is 6.23. The second-order valence-corrected chi connectivity index (χ2v) is 10.9. The minimum Gasteiger partial charge on any atom is -0.504 e. The number of hydrogen-bond acceptors (Lipinski definition) is 8. The van der Waals surface area contributed by atoms with Gasteiger partial charge in [-0.05, 0) is 65.9 Å². The summed E-state index contributed by atoms with van der Waals surface area (Å²) in [5.74, 6) is 1.59. The third-order valence-corrected chi connectivity index (χ3v) is 6.92. The number of rotatable bonds is 10. The lowest BCUT2D eigenvalue weighted by Crippen LogP contribution is -2.20. The fraction of sp³-hybridized carbons (Fsp3) is 0.267. The first-order valence-corrected chi connectivity index (χ1v) is 13.8. The van der Waals surface area contributed by atoms with E-state index in [0.29, 0.717) is 28.9 Å². The Labute approximate surface area is 238 Å². The quantitative estimate of drug-likeness (QED) is 0.148. The third-order valence-electron chi connectivity index (χ3n) is 5.99. The minimum absolute atomic E-state index is 0.0346. The van der Waals surface area contributed by atoms with Gasteiger partial charge >= 0.3 is 0 Å². The summed E-state index contributed by atoms with van der Waals surface area (Å²) in [4.78, 5) is 12.6. The number of thioether (sulfide) groups is 1. The van der Waals surface area contributed by atoms with E-state index >= 15 is 0 Å². The van der Waals surface area contributed by atoms with Gasteiger partial charge in [0, 0.05) is 11.3 Å². The van der Waals surface area contributed by atoms with Gasteiger partial charge in [0.25, 0.3) is 5.91 Å². The topological polar surface area (TPSA) is 111 Å². The molecule has 1 aromatic heterocycles. The molecule has 0 atom stereocenters. The highest BCUT2D eigenvalue weighted by molar-refractivity contribution is 7.99. The first-order valence-electron chi connectivity index (χ1n) is 12.8. The maximum Gasteiger partial charge on any atom is 0.250 e. The Bertz CT molecular complexity index is 1480. The molecule has 1 heterocycles. The lowest BCUT2D eigenvalue weighted by molar-refractivity contribution is -0.118. The van der Waals surface area contributed by atoms with Crippen molar-refractivity contribution in [3.63, 3.8) is 0 Å². The zero-order valence-corrected chi connectivity index (χ0v) is 24.0. The molecule has 0 bridgehead atoms. The fourth-order valence-corrected chi connectivity index (χ4v) is 4.60. The first-order chi connectivity index (χ1) is 19.2. The molecule has 1 amide bonds.